The van der Waals surface area contributed by atoms with Gasteiger partial charge >= 0.3 is 0 Å². The van der Waals surface area contributed by atoms with Crippen molar-refractivity contribution < 1.29 is 4.42 Å². The van der Waals surface area contributed by atoms with Crippen molar-refractivity contribution in [3.05, 3.63) is 30.5 Å². The normalized spacial score (nSPS) is 12.0. The van der Waals surface area contributed by atoms with Crippen LogP contribution in [-0.4, -0.2) is 20.1 Å². The zero-order valence-corrected chi connectivity index (χ0v) is 11.4. The topological polar surface area (TPSA) is 42.4 Å². The second kappa shape index (κ2) is 5.02. The van der Waals surface area contributed by atoms with Gasteiger partial charge in [-0.25, -0.2) is 0 Å². The number of benzene rings is 1. The van der Waals surface area contributed by atoms with Crippen LogP contribution in [0, 0.1) is 5.41 Å². The third kappa shape index (κ3) is 2.67. The number of hydrogen-bond donors (Lipinski definition) is 1. The Labute approximate surface area is 109 Å². The molecule has 18 heavy (non-hydrogen) atoms. The van der Waals surface area contributed by atoms with Gasteiger partial charge in [-0.2, -0.15) is 0 Å². The number of para-hydroxylation sites is 1. The maximum atomic E-state index is 5.66. The van der Waals surface area contributed by atoms with Crippen molar-refractivity contribution in [2.24, 2.45) is 11.1 Å². The third-order valence-electron chi connectivity index (χ3n) is 3.36. The summed E-state index contributed by atoms with van der Waals surface area (Å²) >= 11 is 0. The first kappa shape index (κ1) is 13.0. The first-order valence-electron chi connectivity index (χ1n) is 6.41. The van der Waals surface area contributed by atoms with Crippen LogP contribution in [0.15, 0.2) is 34.9 Å². The highest BCUT2D eigenvalue weighted by molar-refractivity contribution is 5.90. The van der Waals surface area contributed by atoms with Crippen molar-refractivity contribution in [3.63, 3.8) is 0 Å². The summed E-state index contributed by atoms with van der Waals surface area (Å²) in [5.41, 5.74) is 7.96. The molecule has 1 aromatic carbocycles. The molecule has 1 aromatic heterocycles. The van der Waals surface area contributed by atoms with E-state index in [-0.39, 0.29) is 5.41 Å². The lowest BCUT2D eigenvalue weighted by Crippen LogP contribution is -2.32. The molecule has 0 fully saturated rings. The number of rotatable bonds is 5. The SMILES string of the molecule is CN(CC(C)(C)CCN)c1coc2ccccc12. The van der Waals surface area contributed by atoms with Gasteiger partial charge in [-0.3, -0.25) is 0 Å². The second-order valence-corrected chi connectivity index (χ2v) is 5.68. The molecule has 2 aromatic rings. The van der Waals surface area contributed by atoms with E-state index in [1.54, 1.807) is 0 Å². The Morgan fingerprint density at radius 2 is 2.00 bits per heavy atom. The molecule has 0 unspecified atom stereocenters. The van der Waals surface area contributed by atoms with E-state index in [2.05, 4.69) is 31.9 Å². The predicted octanol–water partition coefficient (Wildman–Crippen LogP) is 3.24. The first-order valence-corrected chi connectivity index (χ1v) is 6.41. The zero-order chi connectivity index (χ0) is 13.2. The molecule has 0 amide bonds. The maximum Gasteiger partial charge on any atom is 0.136 e. The van der Waals surface area contributed by atoms with Crippen molar-refractivity contribution in [1.82, 2.24) is 0 Å². The first-order chi connectivity index (χ1) is 8.53. The van der Waals surface area contributed by atoms with Gasteiger partial charge in [-0.1, -0.05) is 26.0 Å². The van der Waals surface area contributed by atoms with E-state index in [0.29, 0.717) is 0 Å². The molecule has 0 spiro atoms. The summed E-state index contributed by atoms with van der Waals surface area (Å²) in [5.74, 6) is 0. The summed E-state index contributed by atoms with van der Waals surface area (Å²) in [6, 6.07) is 8.13. The van der Waals surface area contributed by atoms with E-state index in [1.165, 1.54) is 5.39 Å². The molecule has 98 valence electrons. The third-order valence-corrected chi connectivity index (χ3v) is 3.36. The van der Waals surface area contributed by atoms with Gasteiger partial charge in [0.2, 0.25) is 0 Å². The van der Waals surface area contributed by atoms with Crippen LogP contribution in [0.3, 0.4) is 0 Å². The smallest absolute Gasteiger partial charge is 0.136 e. The lowest BCUT2D eigenvalue weighted by molar-refractivity contribution is 0.347. The molecule has 0 aliphatic carbocycles. The van der Waals surface area contributed by atoms with Gasteiger partial charge in [0.15, 0.2) is 0 Å². The molecular formula is C15H22N2O. The van der Waals surface area contributed by atoms with Crippen molar-refractivity contribution in [2.75, 3.05) is 25.0 Å². The predicted molar refractivity (Wildman–Crippen MR) is 76.9 cm³/mol. The Kier molecular flexibility index (Phi) is 3.62. The average molecular weight is 246 g/mol. The van der Waals surface area contributed by atoms with E-state index in [9.17, 15) is 0 Å². The highest BCUT2D eigenvalue weighted by atomic mass is 16.3. The molecular weight excluding hydrogens is 224 g/mol. The number of furan rings is 1. The van der Waals surface area contributed by atoms with Crippen molar-refractivity contribution >= 4 is 16.7 Å². The van der Waals surface area contributed by atoms with Crippen LogP contribution in [0.1, 0.15) is 20.3 Å². The zero-order valence-electron chi connectivity index (χ0n) is 11.4. The van der Waals surface area contributed by atoms with E-state index in [4.69, 9.17) is 10.2 Å². The maximum absolute atomic E-state index is 5.66. The van der Waals surface area contributed by atoms with Crippen LogP contribution >= 0.6 is 0 Å². The summed E-state index contributed by atoms with van der Waals surface area (Å²) in [6.45, 7) is 6.19. The Morgan fingerprint density at radius 1 is 1.28 bits per heavy atom. The van der Waals surface area contributed by atoms with E-state index < -0.39 is 0 Å². The Balaban J connectivity index is 2.21. The van der Waals surface area contributed by atoms with Crippen molar-refractivity contribution in [1.29, 1.82) is 0 Å². The average Bonchev–Trinajstić information content (AvgIpc) is 2.71. The summed E-state index contributed by atoms with van der Waals surface area (Å²) in [6.07, 6.45) is 2.86. The van der Waals surface area contributed by atoms with Gasteiger partial charge in [-0.05, 0) is 30.5 Å². The molecule has 2 rings (SSSR count). The van der Waals surface area contributed by atoms with Gasteiger partial charge in [-0.15, -0.1) is 0 Å². The summed E-state index contributed by atoms with van der Waals surface area (Å²) < 4.78 is 5.58. The van der Waals surface area contributed by atoms with Gasteiger partial charge in [0.25, 0.3) is 0 Å². The fourth-order valence-electron chi connectivity index (χ4n) is 2.46. The fraction of sp³-hybridized carbons (Fsp3) is 0.467. The molecule has 0 aliphatic rings. The van der Waals surface area contributed by atoms with Crippen LogP contribution in [0.25, 0.3) is 11.0 Å². The molecule has 0 atom stereocenters. The minimum absolute atomic E-state index is 0.210. The van der Waals surface area contributed by atoms with Crippen LogP contribution in [0.4, 0.5) is 5.69 Å². The molecule has 0 aliphatic heterocycles. The number of nitrogens with zero attached hydrogens (tertiary/aromatic N) is 1. The molecule has 0 radical (unpaired) electrons. The minimum atomic E-state index is 0.210. The lowest BCUT2D eigenvalue weighted by atomic mass is 9.88. The van der Waals surface area contributed by atoms with Gasteiger partial charge in [0, 0.05) is 19.0 Å². The Bertz CT molecular complexity index is 516. The van der Waals surface area contributed by atoms with Gasteiger partial charge in [0.05, 0.1) is 5.69 Å². The van der Waals surface area contributed by atoms with Gasteiger partial charge < -0.3 is 15.1 Å². The quantitative estimate of drug-likeness (QED) is 0.880. The molecule has 0 saturated carbocycles. The van der Waals surface area contributed by atoms with Crippen LogP contribution in [-0.2, 0) is 0 Å². The molecule has 3 heteroatoms. The van der Waals surface area contributed by atoms with E-state index >= 15 is 0 Å². The molecule has 0 saturated heterocycles. The largest absolute Gasteiger partial charge is 0.462 e. The Hall–Kier alpha value is -1.48. The van der Waals surface area contributed by atoms with Crippen LogP contribution in [0.5, 0.6) is 0 Å². The van der Waals surface area contributed by atoms with E-state index in [1.807, 2.05) is 24.5 Å². The van der Waals surface area contributed by atoms with Crippen molar-refractivity contribution in [3.8, 4) is 0 Å². The van der Waals surface area contributed by atoms with Crippen LogP contribution in [0.2, 0.25) is 0 Å². The fourth-order valence-corrected chi connectivity index (χ4v) is 2.46. The lowest BCUT2D eigenvalue weighted by Gasteiger charge is -2.30. The monoisotopic (exact) mass is 246 g/mol. The summed E-state index contributed by atoms with van der Waals surface area (Å²) in [5, 5.41) is 1.17. The second-order valence-electron chi connectivity index (χ2n) is 5.68. The van der Waals surface area contributed by atoms with Crippen molar-refractivity contribution in [2.45, 2.75) is 20.3 Å². The standard InChI is InChI=1S/C15H22N2O/c1-15(2,8-9-16)11-17(3)13-10-18-14-7-5-4-6-12(13)14/h4-7,10H,8-9,11,16H2,1-3H3. The number of anilines is 1. The van der Waals surface area contributed by atoms with E-state index in [0.717, 1.165) is 30.8 Å². The van der Waals surface area contributed by atoms with Gasteiger partial charge in [0.1, 0.15) is 11.8 Å². The molecule has 3 nitrogen and oxygen atoms in total. The Morgan fingerprint density at radius 3 is 2.72 bits per heavy atom. The molecule has 2 N–H and O–H groups in total. The number of fused-ring (bicyclic) bond motifs is 1. The summed E-state index contributed by atoms with van der Waals surface area (Å²) in [7, 11) is 2.11. The van der Waals surface area contributed by atoms with Crippen LogP contribution < -0.4 is 10.6 Å². The highest BCUT2D eigenvalue weighted by Crippen LogP contribution is 2.31. The molecule has 1 heterocycles. The highest BCUT2D eigenvalue weighted by Gasteiger charge is 2.21. The number of hydrogen-bond acceptors (Lipinski definition) is 3. The number of nitrogens with two attached hydrogens (primary N) is 1. The summed E-state index contributed by atoms with van der Waals surface area (Å²) in [4.78, 5) is 2.25. The minimum Gasteiger partial charge on any atom is -0.462 e. The molecule has 0 bridgehead atoms.